The van der Waals surface area contributed by atoms with E-state index >= 15 is 0 Å². The Bertz CT molecular complexity index is 1040. The Hall–Kier alpha value is -2.11. The van der Waals surface area contributed by atoms with Crippen LogP contribution in [-0.4, -0.2) is 30.8 Å². The van der Waals surface area contributed by atoms with E-state index in [4.69, 9.17) is 0 Å². The predicted octanol–water partition coefficient (Wildman–Crippen LogP) is 3.96. The van der Waals surface area contributed by atoms with E-state index in [1.807, 2.05) is 38.2 Å². The van der Waals surface area contributed by atoms with Gasteiger partial charge in [0.25, 0.3) is 0 Å². The normalized spacial score (nSPS) is 18.9. The molecular formula is C20H22N2O2S. The second-order valence-corrected chi connectivity index (χ2v) is 8.82. The SMILES string of the molecule is Cc1ccc(S(=O)(=O)N2CCC(c3c[nH]c4ccccc34)C2)cc1C. The van der Waals surface area contributed by atoms with Crippen LogP contribution in [0.2, 0.25) is 0 Å². The van der Waals surface area contributed by atoms with Crippen molar-refractivity contribution in [3.8, 4) is 0 Å². The molecule has 1 unspecified atom stereocenters. The van der Waals surface area contributed by atoms with Crippen LogP contribution in [0.4, 0.5) is 0 Å². The number of aromatic amines is 1. The van der Waals surface area contributed by atoms with E-state index in [1.165, 1.54) is 10.9 Å². The minimum absolute atomic E-state index is 0.234. The Morgan fingerprint density at radius 1 is 1.08 bits per heavy atom. The molecule has 1 saturated heterocycles. The van der Waals surface area contributed by atoms with E-state index in [-0.39, 0.29) is 5.92 Å². The largest absolute Gasteiger partial charge is 0.361 e. The number of aryl methyl sites for hydroxylation is 2. The molecule has 1 atom stereocenters. The second-order valence-electron chi connectivity index (χ2n) is 6.88. The fraction of sp³-hybridized carbons (Fsp3) is 0.300. The van der Waals surface area contributed by atoms with Crippen LogP contribution in [0.25, 0.3) is 10.9 Å². The van der Waals surface area contributed by atoms with Crippen LogP contribution in [0, 0.1) is 13.8 Å². The number of aromatic nitrogens is 1. The lowest BCUT2D eigenvalue weighted by atomic mass is 9.98. The van der Waals surface area contributed by atoms with Crippen molar-refractivity contribution >= 4 is 20.9 Å². The summed E-state index contributed by atoms with van der Waals surface area (Å²) >= 11 is 0. The number of nitrogens with one attached hydrogen (secondary N) is 1. The molecule has 0 saturated carbocycles. The summed E-state index contributed by atoms with van der Waals surface area (Å²) in [6.07, 6.45) is 2.88. The van der Waals surface area contributed by atoms with E-state index in [0.29, 0.717) is 18.0 Å². The number of rotatable bonds is 3. The molecule has 130 valence electrons. The first-order valence-electron chi connectivity index (χ1n) is 8.60. The van der Waals surface area contributed by atoms with Crippen LogP contribution in [-0.2, 0) is 10.0 Å². The maximum absolute atomic E-state index is 13.0. The Morgan fingerprint density at radius 3 is 2.68 bits per heavy atom. The Morgan fingerprint density at radius 2 is 1.88 bits per heavy atom. The summed E-state index contributed by atoms with van der Waals surface area (Å²) in [5.41, 5.74) is 4.44. The van der Waals surface area contributed by atoms with Gasteiger partial charge in [-0.3, -0.25) is 0 Å². The van der Waals surface area contributed by atoms with Crippen LogP contribution >= 0.6 is 0 Å². The summed E-state index contributed by atoms with van der Waals surface area (Å²) in [4.78, 5) is 3.69. The molecule has 1 N–H and O–H groups in total. The highest BCUT2D eigenvalue weighted by Crippen LogP contribution is 2.35. The summed E-state index contributed by atoms with van der Waals surface area (Å²) in [7, 11) is -3.43. The van der Waals surface area contributed by atoms with Crippen molar-refractivity contribution < 1.29 is 8.42 Å². The Labute approximate surface area is 148 Å². The van der Waals surface area contributed by atoms with Gasteiger partial charge in [-0.15, -0.1) is 0 Å². The number of nitrogens with zero attached hydrogens (tertiary/aromatic N) is 1. The molecule has 3 aromatic rings. The van der Waals surface area contributed by atoms with Gasteiger partial charge in [0.15, 0.2) is 0 Å². The highest BCUT2D eigenvalue weighted by Gasteiger charge is 2.34. The molecule has 0 radical (unpaired) electrons. The molecule has 25 heavy (non-hydrogen) atoms. The van der Waals surface area contributed by atoms with Crippen molar-refractivity contribution in [1.29, 1.82) is 0 Å². The molecule has 1 aliphatic heterocycles. The number of sulfonamides is 1. The third-order valence-electron chi connectivity index (χ3n) is 5.33. The standard InChI is InChI=1S/C20H22N2O2S/c1-14-7-8-17(11-15(14)2)25(23,24)22-10-9-16(13-22)19-12-21-20-6-4-3-5-18(19)20/h3-8,11-12,16,21H,9-10,13H2,1-2H3. The zero-order valence-electron chi connectivity index (χ0n) is 14.5. The third-order valence-corrected chi connectivity index (χ3v) is 7.19. The van der Waals surface area contributed by atoms with Crippen molar-refractivity contribution in [2.45, 2.75) is 31.1 Å². The topological polar surface area (TPSA) is 53.2 Å². The summed E-state index contributed by atoms with van der Waals surface area (Å²) in [6, 6.07) is 13.6. The molecule has 0 spiro atoms. The number of para-hydroxylation sites is 1. The number of fused-ring (bicyclic) bond motifs is 1. The summed E-state index contributed by atoms with van der Waals surface area (Å²) in [5.74, 6) is 0.234. The van der Waals surface area contributed by atoms with Gasteiger partial charge >= 0.3 is 0 Å². The molecule has 2 heterocycles. The second kappa shape index (κ2) is 6.00. The maximum atomic E-state index is 13.0. The van der Waals surface area contributed by atoms with Crippen molar-refractivity contribution in [2.24, 2.45) is 0 Å². The summed E-state index contributed by atoms with van der Waals surface area (Å²) < 4.78 is 27.6. The van der Waals surface area contributed by atoms with Gasteiger partial charge in [0.1, 0.15) is 0 Å². The molecular weight excluding hydrogens is 332 g/mol. The van der Waals surface area contributed by atoms with Crippen molar-refractivity contribution in [3.05, 3.63) is 65.4 Å². The van der Waals surface area contributed by atoms with Gasteiger partial charge in [0.05, 0.1) is 4.90 Å². The minimum atomic E-state index is -3.43. The number of hydrogen-bond donors (Lipinski definition) is 1. The molecule has 1 aromatic heterocycles. The van der Waals surface area contributed by atoms with Gasteiger partial charge in [-0.05, 0) is 55.2 Å². The van der Waals surface area contributed by atoms with Crippen LogP contribution in [0.3, 0.4) is 0 Å². The van der Waals surface area contributed by atoms with Crippen molar-refractivity contribution in [1.82, 2.24) is 9.29 Å². The van der Waals surface area contributed by atoms with Crippen LogP contribution in [0.1, 0.15) is 29.0 Å². The Kier molecular flexibility index (Phi) is 3.93. The lowest BCUT2D eigenvalue weighted by molar-refractivity contribution is 0.473. The van der Waals surface area contributed by atoms with E-state index in [9.17, 15) is 8.42 Å². The van der Waals surface area contributed by atoms with Crippen LogP contribution in [0.5, 0.6) is 0 Å². The van der Waals surface area contributed by atoms with Gasteiger partial charge in [0, 0.05) is 36.1 Å². The highest BCUT2D eigenvalue weighted by atomic mass is 32.2. The summed E-state index contributed by atoms with van der Waals surface area (Å²) in [6.45, 7) is 5.05. The lowest BCUT2D eigenvalue weighted by Gasteiger charge is -2.17. The van der Waals surface area contributed by atoms with Crippen LogP contribution in [0.15, 0.2) is 53.6 Å². The molecule has 0 bridgehead atoms. The third kappa shape index (κ3) is 2.77. The van der Waals surface area contributed by atoms with Gasteiger partial charge in [0.2, 0.25) is 10.0 Å². The molecule has 5 heteroatoms. The first kappa shape index (κ1) is 16.4. The van der Waals surface area contributed by atoms with E-state index in [1.54, 1.807) is 16.4 Å². The molecule has 0 aliphatic carbocycles. The smallest absolute Gasteiger partial charge is 0.243 e. The highest BCUT2D eigenvalue weighted by molar-refractivity contribution is 7.89. The van der Waals surface area contributed by atoms with E-state index in [0.717, 1.165) is 23.1 Å². The first-order valence-corrected chi connectivity index (χ1v) is 10.0. The molecule has 4 rings (SSSR count). The maximum Gasteiger partial charge on any atom is 0.243 e. The fourth-order valence-corrected chi connectivity index (χ4v) is 5.24. The van der Waals surface area contributed by atoms with Crippen molar-refractivity contribution in [2.75, 3.05) is 13.1 Å². The number of H-pyrrole nitrogens is 1. The molecule has 4 nitrogen and oxygen atoms in total. The zero-order valence-corrected chi connectivity index (χ0v) is 15.3. The van der Waals surface area contributed by atoms with E-state index in [2.05, 4.69) is 17.1 Å². The lowest BCUT2D eigenvalue weighted by Crippen LogP contribution is -2.28. The van der Waals surface area contributed by atoms with Gasteiger partial charge in [-0.25, -0.2) is 8.42 Å². The monoisotopic (exact) mass is 354 g/mol. The van der Waals surface area contributed by atoms with E-state index < -0.39 is 10.0 Å². The quantitative estimate of drug-likeness (QED) is 0.774. The van der Waals surface area contributed by atoms with Crippen LogP contribution < -0.4 is 0 Å². The Balaban J connectivity index is 1.62. The van der Waals surface area contributed by atoms with Crippen molar-refractivity contribution in [3.63, 3.8) is 0 Å². The van der Waals surface area contributed by atoms with Gasteiger partial charge in [-0.2, -0.15) is 4.31 Å². The summed E-state index contributed by atoms with van der Waals surface area (Å²) in [5, 5.41) is 1.19. The number of benzene rings is 2. The zero-order chi connectivity index (χ0) is 17.6. The first-order chi connectivity index (χ1) is 12.0. The molecule has 0 amide bonds. The van der Waals surface area contributed by atoms with Gasteiger partial charge < -0.3 is 4.98 Å². The minimum Gasteiger partial charge on any atom is -0.361 e. The average Bonchev–Trinajstić information content (AvgIpc) is 3.23. The molecule has 1 aliphatic rings. The fourth-order valence-electron chi connectivity index (χ4n) is 3.66. The predicted molar refractivity (Wildman–Crippen MR) is 100 cm³/mol. The molecule has 2 aromatic carbocycles. The molecule has 1 fully saturated rings. The van der Waals surface area contributed by atoms with Gasteiger partial charge in [-0.1, -0.05) is 24.3 Å². The average molecular weight is 354 g/mol. The number of hydrogen-bond acceptors (Lipinski definition) is 2.